The number of hydrogen-bond acceptors (Lipinski definition) is 4. The number of anilines is 2. The minimum Gasteiger partial charge on any atom is -0.328 e. The first kappa shape index (κ1) is 14.3. The first-order chi connectivity index (χ1) is 10.6. The lowest BCUT2D eigenvalue weighted by Gasteiger charge is -2.30. The normalized spacial score (nSPS) is 17.2. The van der Waals surface area contributed by atoms with Crippen molar-refractivity contribution >= 4 is 17.5 Å². The third kappa shape index (κ3) is 2.47. The molecule has 22 heavy (non-hydrogen) atoms. The minimum atomic E-state index is -0.137. The zero-order chi connectivity index (χ0) is 15.7. The van der Waals surface area contributed by atoms with Crippen molar-refractivity contribution in [1.29, 1.82) is 0 Å². The van der Waals surface area contributed by atoms with Crippen LogP contribution in [-0.4, -0.2) is 20.7 Å². The van der Waals surface area contributed by atoms with E-state index in [2.05, 4.69) is 34.6 Å². The monoisotopic (exact) mass is 297 g/mol. The standard InChI is InChI=1S/C16H19N5O/c1-10(2)14-13(11(3)19-16-17-9-18-21(14)16)15(22)20-12-7-5-4-6-8-12/h4-10,14H,1-3H3,(H,20,22)(H,17,18,19). The molecule has 0 fully saturated rings. The van der Waals surface area contributed by atoms with E-state index in [9.17, 15) is 4.79 Å². The molecule has 2 N–H and O–H groups in total. The molecule has 1 unspecified atom stereocenters. The van der Waals surface area contributed by atoms with Crippen LogP contribution in [0.2, 0.25) is 0 Å². The molecule has 6 nitrogen and oxygen atoms in total. The Kier molecular flexibility index (Phi) is 3.66. The summed E-state index contributed by atoms with van der Waals surface area (Å²) in [6.07, 6.45) is 1.50. The van der Waals surface area contributed by atoms with Crippen molar-refractivity contribution < 1.29 is 4.79 Å². The number of carbonyl (C=O) groups excluding carboxylic acids is 1. The van der Waals surface area contributed by atoms with Gasteiger partial charge in [-0.1, -0.05) is 32.0 Å². The number of carbonyl (C=O) groups is 1. The van der Waals surface area contributed by atoms with Gasteiger partial charge in [-0.05, 0) is 25.0 Å². The quantitative estimate of drug-likeness (QED) is 0.914. The number of rotatable bonds is 3. The number of fused-ring (bicyclic) bond motifs is 1. The highest BCUT2D eigenvalue weighted by atomic mass is 16.1. The lowest BCUT2D eigenvalue weighted by atomic mass is 9.92. The Hall–Kier alpha value is -2.63. The molecule has 2 aromatic rings. The van der Waals surface area contributed by atoms with Gasteiger partial charge in [0.2, 0.25) is 5.95 Å². The van der Waals surface area contributed by atoms with Crippen molar-refractivity contribution in [2.75, 3.05) is 10.6 Å². The van der Waals surface area contributed by atoms with Crippen molar-refractivity contribution in [3.8, 4) is 0 Å². The first-order valence-corrected chi connectivity index (χ1v) is 7.31. The van der Waals surface area contributed by atoms with Crippen molar-refractivity contribution in [1.82, 2.24) is 14.8 Å². The van der Waals surface area contributed by atoms with E-state index in [0.717, 1.165) is 11.4 Å². The largest absolute Gasteiger partial charge is 0.328 e. The van der Waals surface area contributed by atoms with E-state index in [1.807, 2.05) is 37.3 Å². The van der Waals surface area contributed by atoms with Crippen LogP contribution in [0.25, 0.3) is 0 Å². The summed E-state index contributed by atoms with van der Waals surface area (Å²) in [6, 6.07) is 9.31. The molecular weight excluding hydrogens is 278 g/mol. The van der Waals surface area contributed by atoms with E-state index in [1.54, 1.807) is 4.68 Å². The Balaban J connectivity index is 1.95. The van der Waals surface area contributed by atoms with E-state index < -0.39 is 0 Å². The number of aromatic nitrogens is 3. The highest BCUT2D eigenvalue weighted by Gasteiger charge is 2.33. The second-order valence-corrected chi connectivity index (χ2v) is 5.70. The smallest absolute Gasteiger partial charge is 0.255 e. The van der Waals surface area contributed by atoms with Crippen LogP contribution >= 0.6 is 0 Å². The lowest BCUT2D eigenvalue weighted by molar-refractivity contribution is -0.113. The summed E-state index contributed by atoms with van der Waals surface area (Å²) in [5.74, 6) is 0.775. The van der Waals surface area contributed by atoms with Gasteiger partial charge >= 0.3 is 0 Å². The molecule has 0 aliphatic carbocycles. The number of nitrogens with one attached hydrogen (secondary N) is 2. The second-order valence-electron chi connectivity index (χ2n) is 5.70. The third-order valence-electron chi connectivity index (χ3n) is 3.74. The summed E-state index contributed by atoms with van der Waals surface area (Å²) in [5.41, 5.74) is 2.28. The molecule has 1 amide bonds. The molecule has 0 radical (unpaired) electrons. The summed E-state index contributed by atoms with van der Waals surface area (Å²) in [5, 5.41) is 10.4. The van der Waals surface area contributed by atoms with E-state index in [4.69, 9.17) is 0 Å². The van der Waals surface area contributed by atoms with Crippen LogP contribution in [-0.2, 0) is 4.79 Å². The molecule has 0 spiro atoms. The molecule has 2 heterocycles. The molecule has 3 rings (SSSR count). The molecule has 1 atom stereocenters. The highest BCUT2D eigenvalue weighted by Crippen LogP contribution is 2.34. The summed E-state index contributed by atoms with van der Waals surface area (Å²) >= 11 is 0. The summed E-state index contributed by atoms with van der Waals surface area (Å²) in [6.45, 7) is 6.04. The van der Waals surface area contributed by atoms with Crippen LogP contribution < -0.4 is 10.6 Å². The van der Waals surface area contributed by atoms with Crippen LogP contribution in [0.1, 0.15) is 26.8 Å². The maximum absolute atomic E-state index is 12.8. The van der Waals surface area contributed by atoms with Crippen LogP contribution in [0.4, 0.5) is 11.6 Å². The van der Waals surface area contributed by atoms with Gasteiger partial charge in [0.15, 0.2) is 0 Å². The maximum Gasteiger partial charge on any atom is 0.255 e. The number of amides is 1. The van der Waals surface area contributed by atoms with Gasteiger partial charge in [-0.25, -0.2) is 4.68 Å². The van der Waals surface area contributed by atoms with Gasteiger partial charge < -0.3 is 10.6 Å². The molecule has 1 aromatic carbocycles. The van der Waals surface area contributed by atoms with Gasteiger partial charge in [-0.15, -0.1) is 0 Å². The SMILES string of the molecule is CC1=C(C(=O)Nc2ccccc2)C(C(C)C)n2ncnc2N1. The third-order valence-corrected chi connectivity index (χ3v) is 3.74. The van der Waals surface area contributed by atoms with Crippen LogP contribution in [0.15, 0.2) is 47.9 Å². The zero-order valence-electron chi connectivity index (χ0n) is 12.9. The van der Waals surface area contributed by atoms with E-state index in [1.165, 1.54) is 6.33 Å². The number of benzene rings is 1. The van der Waals surface area contributed by atoms with E-state index in [0.29, 0.717) is 11.5 Å². The summed E-state index contributed by atoms with van der Waals surface area (Å²) in [4.78, 5) is 16.9. The maximum atomic E-state index is 12.8. The number of allylic oxidation sites excluding steroid dienone is 1. The fourth-order valence-corrected chi connectivity index (χ4v) is 2.76. The number of hydrogen-bond donors (Lipinski definition) is 2. The Morgan fingerprint density at radius 3 is 2.73 bits per heavy atom. The summed E-state index contributed by atoms with van der Waals surface area (Å²) < 4.78 is 1.78. The van der Waals surface area contributed by atoms with Gasteiger partial charge in [-0.3, -0.25) is 4.79 Å². The van der Waals surface area contributed by atoms with Crippen molar-refractivity contribution in [3.63, 3.8) is 0 Å². The number of para-hydroxylation sites is 1. The predicted molar refractivity (Wildman–Crippen MR) is 85.3 cm³/mol. The molecule has 0 bridgehead atoms. The molecule has 114 valence electrons. The van der Waals surface area contributed by atoms with Crippen LogP contribution in [0.3, 0.4) is 0 Å². The molecular formula is C16H19N5O. The summed E-state index contributed by atoms with van der Waals surface area (Å²) in [7, 11) is 0. The Morgan fingerprint density at radius 2 is 2.05 bits per heavy atom. The van der Waals surface area contributed by atoms with Crippen molar-refractivity contribution in [2.45, 2.75) is 26.8 Å². The average Bonchev–Trinajstić information content (AvgIpc) is 2.94. The first-order valence-electron chi connectivity index (χ1n) is 7.31. The molecule has 0 saturated heterocycles. The van der Waals surface area contributed by atoms with E-state index >= 15 is 0 Å². The second kappa shape index (κ2) is 5.63. The predicted octanol–water partition coefficient (Wildman–Crippen LogP) is 2.81. The van der Waals surface area contributed by atoms with Gasteiger partial charge in [0, 0.05) is 11.4 Å². The fourth-order valence-electron chi connectivity index (χ4n) is 2.76. The van der Waals surface area contributed by atoms with Crippen molar-refractivity contribution in [3.05, 3.63) is 47.9 Å². The van der Waals surface area contributed by atoms with Gasteiger partial charge in [0.05, 0.1) is 11.6 Å². The lowest BCUT2D eigenvalue weighted by Crippen LogP contribution is -2.33. The van der Waals surface area contributed by atoms with E-state index in [-0.39, 0.29) is 17.9 Å². The van der Waals surface area contributed by atoms with Crippen molar-refractivity contribution in [2.24, 2.45) is 5.92 Å². The molecule has 0 saturated carbocycles. The highest BCUT2D eigenvalue weighted by molar-refractivity contribution is 6.05. The van der Waals surface area contributed by atoms with Gasteiger partial charge in [0.1, 0.15) is 6.33 Å². The minimum absolute atomic E-state index is 0.115. The molecule has 1 aliphatic heterocycles. The molecule has 1 aliphatic rings. The Bertz CT molecular complexity index is 717. The van der Waals surface area contributed by atoms with Crippen LogP contribution in [0.5, 0.6) is 0 Å². The zero-order valence-corrected chi connectivity index (χ0v) is 12.9. The van der Waals surface area contributed by atoms with Gasteiger partial charge in [0.25, 0.3) is 5.91 Å². The van der Waals surface area contributed by atoms with Crippen LogP contribution in [0, 0.1) is 5.92 Å². The molecule has 1 aromatic heterocycles. The molecule has 6 heteroatoms. The topological polar surface area (TPSA) is 71.8 Å². The fraction of sp³-hybridized carbons (Fsp3) is 0.312. The Morgan fingerprint density at radius 1 is 1.32 bits per heavy atom. The average molecular weight is 297 g/mol. The van der Waals surface area contributed by atoms with Gasteiger partial charge in [-0.2, -0.15) is 10.1 Å². The number of nitrogens with zero attached hydrogens (tertiary/aromatic N) is 3. The Labute approximate surface area is 129 Å².